The van der Waals surface area contributed by atoms with Crippen LogP contribution in [-0.4, -0.2) is 36.1 Å². The van der Waals surface area contributed by atoms with Crippen molar-refractivity contribution in [3.8, 4) is 5.75 Å². The van der Waals surface area contributed by atoms with E-state index in [-0.39, 0.29) is 5.91 Å². The summed E-state index contributed by atoms with van der Waals surface area (Å²) in [6.07, 6.45) is 3.38. The van der Waals surface area contributed by atoms with Crippen LogP contribution in [-0.2, 0) is 4.79 Å². The van der Waals surface area contributed by atoms with Crippen molar-refractivity contribution in [3.63, 3.8) is 0 Å². The Labute approximate surface area is 148 Å². The van der Waals surface area contributed by atoms with Crippen molar-refractivity contribution in [3.05, 3.63) is 42.4 Å². The molecule has 0 bridgehead atoms. The number of piperidine rings is 1. The monoisotopic (exact) mass is 340 g/mol. The molecule has 3 rings (SSSR count). The molecule has 2 heterocycles. The van der Waals surface area contributed by atoms with E-state index in [1.807, 2.05) is 44.2 Å². The second-order valence-electron chi connectivity index (χ2n) is 6.79. The van der Waals surface area contributed by atoms with E-state index < -0.39 is 5.41 Å². The lowest BCUT2D eigenvalue weighted by Crippen LogP contribution is -2.48. The van der Waals surface area contributed by atoms with Gasteiger partial charge in [0.1, 0.15) is 17.9 Å². The average Bonchev–Trinajstić information content (AvgIpc) is 2.62. The fourth-order valence-corrected chi connectivity index (χ4v) is 3.22. The quantitative estimate of drug-likeness (QED) is 0.926. The number of carbonyl (C=O) groups is 1. The second-order valence-corrected chi connectivity index (χ2v) is 6.79. The molecule has 0 radical (unpaired) electrons. The molecule has 1 saturated heterocycles. The van der Waals surface area contributed by atoms with Gasteiger partial charge in [0.25, 0.3) is 0 Å². The third kappa shape index (κ3) is 3.90. The number of hydrogen-bond acceptors (Lipinski definition) is 5. The Morgan fingerprint density at radius 1 is 1.32 bits per heavy atom. The maximum Gasteiger partial charge on any atom is 0.232 e. The van der Waals surface area contributed by atoms with Gasteiger partial charge in [-0.3, -0.25) is 4.79 Å². The van der Waals surface area contributed by atoms with Crippen LogP contribution in [0.2, 0.25) is 0 Å². The SMILES string of the molecule is COc1cccc(NC(=O)C2(C)CCCN(c3cc(C)ncn3)C2)c1. The molecule has 0 saturated carbocycles. The van der Waals surface area contributed by atoms with Gasteiger partial charge in [-0.15, -0.1) is 0 Å². The average molecular weight is 340 g/mol. The second kappa shape index (κ2) is 7.09. The van der Waals surface area contributed by atoms with Crippen LogP contribution in [0.5, 0.6) is 5.75 Å². The van der Waals surface area contributed by atoms with E-state index in [1.165, 1.54) is 0 Å². The Morgan fingerprint density at radius 3 is 2.92 bits per heavy atom. The van der Waals surface area contributed by atoms with Crippen molar-refractivity contribution in [2.45, 2.75) is 26.7 Å². The minimum absolute atomic E-state index is 0.0243. The minimum Gasteiger partial charge on any atom is -0.497 e. The number of ether oxygens (including phenoxy) is 1. The summed E-state index contributed by atoms with van der Waals surface area (Å²) < 4.78 is 5.22. The molecule has 132 valence electrons. The number of anilines is 2. The maximum absolute atomic E-state index is 12.9. The maximum atomic E-state index is 12.9. The number of rotatable bonds is 4. The summed E-state index contributed by atoms with van der Waals surface area (Å²) in [5.74, 6) is 1.63. The lowest BCUT2D eigenvalue weighted by molar-refractivity contribution is -0.125. The number of nitrogens with zero attached hydrogens (tertiary/aromatic N) is 3. The number of aromatic nitrogens is 2. The van der Waals surface area contributed by atoms with Gasteiger partial charge in [-0.2, -0.15) is 0 Å². The molecule has 0 aliphatic carbocycles. The first-order valence-electron chi connectivity index (χ1n) is 8.49. The van der Waals surface area contributed by atoms with Gasteiger partial charge in [0.05, 0.1) is 12.5 Å². The molecule has 2 aromatic rings. The number of amides is 1. The van der Waals surface area contributed by atoms with E-state index in [4.69, 9.17) is 4.74 Å². The molecule has 1 unspecified atom stereocenters. The molecule has 6 nitrogen and oxygen atoms in total. The fraction of sp³-hybridized carbons (Fsp3) is 0.421. The first-order chi connectivity index (χ1) is 12.0. The van der Waals surface area contributed by atoms with Crippen molar-refractivity contribution in [2.24, 2.45) is 5.41 Å². The van der Waals surface area contributed by atoms with Crippen molar-refractivity contribution in [1.82, 2.24) is 9.97 Å². The number of methoxy groups -OCH3 is 1. The number of benzene rings is 1. The summed E-state index contributed by atoms with van der Waals surface area (Å²) >= 11 is 0. The molecule has 1 N–H and O–H groups in total. The zero-order valence-corrected chi connectivity index (χ0v) is 15.0. The molecule has 6 heteroatoms. The predicted molar refractivity (Wildman–Crippen MR) is 97.9 cm³/mol. The van der Waals surface area contributed by atoms with Gasteiger partial charge in [0.15, 0.2) is 0 Å². The lowest BCUT2D eigenvalue weighted by Gasteiger charge is -2.39. The number of aryl methyl sites for hydroxylation is 1. The Morgan fingerprint density at radius 2 is 2.16 bits per heavy atom. The van der Waals surface area contributed by atoms with Gasteiger partial charge < -0.3 is 15.0 Å². The highest BCUT2D eigenvalue weighted by molar-refractivity contribution is 5.95. The largest absolute Gasteiger partial charge is 0.497 e. The molecule has 1 aliphatic heterocycles. The van der Waals surface area contributed by atoms with E-state index in [9.17, 15) is 4.79 Å². The molecule has 1 aromatic heterocycles. The van der Waals surface area contributed by atoms with Crippen molar-refractivity contribution in [1.29, 1.82) is 0 Å². The molecule has 25 heavy (non-hydrogen) atoms. The minimum atomic E-state index is -0.472. The van der Waals surface area contributed by atoms with Crippen LogP contribution >= 0.6 is 0 Å². The number of hydrogen-bond donors (Lipinski definition) is 1. The summed E-state index contributed by atoms with van der Waals surface area (Å²) in [7, 11) is 1.62. The molecule has 1 amide bonds. The van der Waals surface area contributed by atoms with Crippen LogP contribution in [0.15, 0.2) is 36.7 Å². The molecule has 1 fully saturated rings. The first kappa shape index (κ1) is 17.2. The highest BCUT2D eigenvalue weighted by atomic mass is 16.5. The third-order valence-corrected chi connectivity index (χ3v) is 4.69. The van der Waals surface area contributed by atoms with Gasteiger partial charge in [-0.1, -0.05) is 6.07 Å². The first-order valence-corrected chi connectivity index (χ1v) is 8.49. The Bertz CT molecular complexity index is 765. The predicted octanol–water partition coefficient (Wildman–Crippen LogP) is 3.04. The van der Waals surface area contributed by atoms with E-state index in [0.717, 1.165) is 42.3 Å². The Balaban J connectivity index is 1.74. The lowest BCUT2D eigenvalue weighted by atomic mass is 9.81. The van der Waals surface area contributed by atoms with Crippen LogP contribution in [0.25, 0.3) is 0 Å². The Hall–Kier alpha value is -2.63. The van der Waals surface area contributed by atoms with Crippen LogP contribution in [0.4, 0.5) is 11.5 Å². The van der Waals surface area contributed by atoms with Gasteiger partial charge in [-0.05, 0) is 38.8 Å². The number of nitrogens with one attached hydrogen (secondary N) is 1. The summed E-state index contributed by atoms with van der Waals surface area (Å²) in [5.41, 5.74) is 1.21. The summed E-state index contributed by atoms with van der Waals surface area (Å²) in [6.45, 7) is 5.50. The van der Waals surface area contributed by atoms with E-state index >= 15 is 0 Å². The van der Waals surface area contributed by atoms with Gasteiger partial charge in [0.2, 0.25) is 5.91 Å². The topological polar surface area (TPSA) is 67.3 Å². The Kier molecular flexibility index (Phi) is 4.88. The van der Waals surface area contributed by atoms with Crippen molar-refractivity contribution >= 4 is 17.4 Å². The van der Waals surface area contributed by atoms with Crippen molar-refractivity contribution in [2.75, 3.05) is 30.4 Å². The van der Waals surface area contributed by atoms with E-state index in [2.05, 4.69) is 20.2 Å². The van der Waals surface area contributed by atoms with Crippen LogP contribution < -0.4 is 15.0 Å². The standard InChI is InChI=1S/C19H24N4O2/c1-14-10-17(21-13-20-14)23-9-5-8-19(2,12-23)18(24)22-15-6-4-7-16(11-15)25-3/h4,6-7,10-11,13H,5,8-9,12H2,1-3H3,(H,22,24). The van der Waals surface area contributed by atoms with Crippen LogP contribution in [0.3, 0.4) is 0 Å². The summed E-state index contributed by atoms with van der Waals surface area (Å²) in [5, 5.41) is 3.03. The molecule has 1 atom stereocenters. The molecular weight excluding hydrogens is 316 g/mol. The highest BCUT2D eigenvalue weighted by Gasteiger charge is 2.38. The normalized spacial score (nSPS) is 20.2. The van der Waals surface area contributed by atoms with E-state index in [1.54, 1.807) is 13.4 Å². The molecule has 1 aliphatic rings. The molecule has 0 spiro atoms. The van der Waals surface area contributed by atoms with Gasteiger partial charge >= 0.3 is 0 Å². The summed E-state index contributed by atoms with van der Waals surface area (Å²) in [4.78, 5) is 23.6. The van der Waals surface area contributed by atoms with E-state index in [0.29, 0.717) is 6.54 Å². The smallest absolute Gasteiger partial charge is 0.232 e. The third-order valence-electron chi connectivity index (χ3n) is 4.69. The van der Waals surface area contributed by atoms with Gasteiger partial charge in [-0.25, -0.2) is 9.97 Å². The molecular formula is C19H24N4O2. The fourth-order valence-electron chi connectivity index (χ4n) is 3.22. The zero-order valence-electron chi connectivity index (χ0n) is 15.0. The van der Waals surface area contributed by atoms with Crippen LogP contribution in [0.1, 0.15) is 25.5 Å². The zero-order chi connectivity index (χ0) is 17.9. The van der Waals surface area contributed by atoms with Gasteiger partial charge in [0, 0.05) is 36.6 Å². The highest BCUT2D eigenvalue weighted by Crippen LogP contribution is 2.33. The molecule has 1 aromatic carbocycles. The van der Waals surface area contributed by atoms with Crippen LogP contribution in [0, 0.1) is 12.3 Å². The number of carbonyl (C=O) groups excluding carboxylic acids is 1. The summed E-state index contributed by atoms with van der Waals surface area (Å²) in [6, 6.07) is 9.39. The van der Waals surface area contributed by atoms with Crippen molar-refractivity contribution < 1.29 is 9.53 Å².